The van der Waals surface area contributed by atoms with Gasteiger partial charge in [-0.15, -0.1) is 8.58 Å². The molecule has 0 N–H and O–H groups in total. The summed E-state index contributed by atoms with van der Waals surface area (Å²) in [5.41, 5.74) is 0. The number of rotatable bonds is 2. The molecular weight excluding hydrogens is 117 g/mol. The van der Waals surface area contributed by atoms with Crippen LogP contribution in [-0.2, 0) is 0 Å². The van der Waals surface area contributed by atoms with E-state index in [2.05, 4.69) is 11.6 Å². The summed E-state index contributed by atoms with van der Waals surface area (Å²) in [7, 11) is 1.12. The van der Waals surface area contributed by atoms with Crippen molar-refractivity contribution >= 4 is 8.58 Å². The molecule has 1 heterocycles. The predicted molar refractivity (Wildman–Crippen MR) is 39.9 cm³/mol. The highest BCUT2D eigenvalue weighted by atomic mass is 31.1. The zero-order valence-electron chi connectivity index (χ0n) is 5.48. The average molecular weight is 131 g/mol. The molecule has 0 aliphatic carbocycles. The van der Waals surface area contributed by atoms with Crippen LogP contribution in [0.25, 0.3) is 0 Å². The Morgan fingerprint density at radius 1 is 1.38 bits per heavy atom. The highest BCUT2D eigenvalue weighted by molar-refractivity contribution is 7.36. The Morgan fingerprint density at radius 2 is 2.00 bits per heavy atom. The molecule has 0 amide bonds. The third-order valence-electron chi connectivity index (χ3n) is 1.58. The first-order valence-electron chi connectivity index (χ1n) is 3.30. The van der Waals surface area contributed by atoms with Crippen molar-refractivity contribution in [2.75, 3.05) is 26.0 Å². The van der Waals surface area contributed by atoms with E-state index in [0.29, 0.717) is 0 Å². The maximum atomic E-state index is 2.55. The van der Waals surface area contributed by atoms with Crippen molar-refractivity contribution in [3.63, 3.8) is 0 Å². The maximum Gasteiger partial charge on any atom is 0.0152 e. The third-order valence-corrected chi connectivity index (χ3v) is 2.34. The van der Waals surface area contributed by atoms with E-state index in [0.717, 1.165) is 8.58 Å². The standard InChI is InChI=1S/C6H14NP/c1-8-6-7-4-2-3-5-7/h8H,2-6H2,1H3. The Kier molecular flexibility index (Phi) is 2.78. The van der Waals surface area contributed by atoms with Crippen molar-refractivity contribution in [1.29, 1.82) is 0 Å². The fraction of sp³-hybridized carbons (Fsp3) is 1.00. The van der Waals surface area contributed by atoms with Gasteiger partial charge in [0.25, 0.3) is 0 Å². The summed E-state index contributed by atoms with van der Waals surface area (Å²) in [5.74, 6) is 0. The predicted octanol–water partition coefficient (Wildman–Crippen LogP) is 1.35. The van der Waals surface area contributed by atoms with Gasteiger partial charge in [0.05, 0.1) is 0 Å². The van der Waals surface area contributed by atoms with Crippen LogP contribution in [0.5, 0.6) is 0 Å². The van der Waals surface area contributed by atoms with Crippen LogP contribution in [0.2, 0.25) is 0 Å². The van der Waals surface area contributed by atoms with E-state index in [1.807, 2.05) is 0 Å². The van der Waals surface area contributed by atoms with Crippen LogP contribution in [0.15, 0.2) is 0 Å². The molecule has 0 aromatic heterocycles. The largest absolute Gasteiger partial charge is 0.300 e. The highest BCUT2D eigenvalue weighted by Crippen LogP contribution is 2.12. The summed E-state index contributed by atoms with van der Waals surface area (Å²) in [6.07, 6.45) is 4.22. The van der Waals surface area contributed by atoms with Crippen LogP contribution in [-0.4, -0.2) is 30.9 Å². The molecule has 1 aliphatic heterocycles. The van der Waals surface area contributed by atoms with Crippen LogP contribution in [0.3, 0.4) is 0 Å². The van der Waals surface area contributed by atoms with E-state index in [-0.39, 0.29) is 0 Å². The minimum Gasteiger partial charge on any atom is -0.300 e. The first kappa shape index (κ1) is 6.51. The van der Waals surface area contributed by atoms with Gasteiger partial charge in [-0.25, -0.2) is 0 Å². The molecule has 0 radical (unpaired) electrons. The van der Waals surface area contributed by atoms with E-state index in [1.165, 1.54) is 32.2 Å². The molecule has 1 fully saturated rings. The van der Waals surface area contributed by atoms with Gasteiger partial charge in [0, 0.05) is 6.29 Å². The molecule has 0 aromatic rings. The van der Waals surface area contributed by atoms with Gasteiger partial charge in [-0.3, -0.25) is 4.90 Å². The van der Waals surface area contributed by atoms with E-state index in [1.54, 1.807) is 0 Å². The van der Waals surface area contributed by atoms with Crippen molar-refractivity contribution in [3.8, 4) is 0 Å². The fourth-order valence-corrected chi connectivity index (χ4v) is 1.93. The lowest BCUT2D eigenvalue weighted by Gasteiger charge is -2.11. The second-order valence-electron chi connectivity index (χ2n) is 2.34. The summed E-state index contributed by atoms with van der Waals surface area (Å²) in [6.45, 7) is 5.00. The number of likely N-dealkylation sites (tertiary alicyclic amines) is 1. The van der Waals surface area contributed by atoms with E-state index < -0.39 is 0 Å². The average Bonchev–Trinajstić information content (AvgIpc) is 2.19. The normalized spacial score (nSPS) is 23.6. The first-order valence-corrected chi connectivity index (χ1v) is 5.01. The molecule has 0 aromatic carbocycles. The minimum absolute atomic E-state index is 1.12. The summed E-state index contributed by atoms with van der Waals surface area (Å²) in [6, 6.07) is 0. The second kappa shape index (κ2) is 3.42. The fourth-order valence-electron chi connectivity index (χ4n) is 1.16. The Labute approximate surface area is 53.2 Å². The molecule has 1 aliphatic rings. The lowest BCUT2D eigenvalue weighted by molar-refractivity contribution is 0.399. The van der Waals surface area contributed by atoms with Crippen LogP contribution in [0, 0.1) is 0 Å². The summed E-state index contributed by atoms with van der Waals surface area (Å²) in [4.78, 5) is 2.55. The topological polar surface area (TPSA) is 3.24 Å². The summed E-state index contributed by atoms with van der Waals surface area (Å²) < 4.78 is 0. The summed E-state index contributed by atoms with van der Waals surface area (Å²) >= 11 is 0. The van der Waals surface area contributed by atoms with Crippen LogP contribution in [0.1, 0.15) is 12.8 Å². The molecule has 1 saturated heterocycles. The van der Waals surface area contributed by atoms with Gasteiger partial charge < -0.3 is 0 Å². The molecule has 0 saturated carbocycles. The number of hydrogen-bond donors (Lipinski definition) is 0. The molecule has 2 heteroatoms. The molecule has 1 nitrogen and oxygen atoms in total. The van der Waals surface area contributed by atoms with Gasteiger partial charge in [-0.1, -0.05) is 0 Å². The smallest absolute Gasteiger partial charge is 0.0152 e. The van der Waals surface area contributed by atoms with Crippen molar-refractivity contribution in [1.82, 2.24) is 4.90 Å². The van der Waals surface area contributed by atoms with Gasteiger partial charge in [0.2, 0.25) is 0 Å². The lowest BCUT2D eigenvalue weighted by atomic mass is 10.4. The molecule has 48 valence electrons. The van der Waals surface area contributed by atoms with Crippen molar-refractivity contribution in [2.45, 2.75) is 12.8 Å². The van der Waals surface area contributed by atoms with Crippen molar-refractivity contribution < 1.29 is 0 Å². The Bertz CT molecular complexity index is 59.5. The molecule has 0 spiro atoms. The van der Waals surface area contributed by atoms with Gasteiger partial charge >= 0.3 is 0 Å². The molecule has 1 atom stereocenters. The number of hydrogen-bond acceptors (Lipinski definition) is 1. The van der Waals surface area contributed by atoms with E-state index in [4.69, 9.17) is 0 Å². The zero-order chi connectivity index (χ0) is 5.82. The monoisotopic (exact) mass is 131 g/mol. The Balaban J connectivity index is 2.06. The number of nitrogens with zero attached hydrogens (tertiary/aromatic N) is 1. The second-order valence-corrected chi connectivity index (χ2v) is 3.36. The van der Waals surface area contributed by atoms with E-state index in [9.17, 15) is 0 Å². The highest BCUT2D eigenvalue weighted by Gasteiger charge is 2.08. The molecule has 1 rings (SSSR count). The first-order chi connectivity index (χ1) is 3.93. The maximum absolute atomic E-state index is 2.55. The lowest BCUT2D eigenvalue weighted by Crippen LogP contribution is -2.16. The zero-order valence-corrected chi connectivity index (χ0v) is 6.48. The van der Waals surface area contributed by atoms with Crippen molar-refractivity contribution in [2.24, 2.45) is 0 Å². The molecule has 0 bridgehead atoms. The van der Waals surface area contributed by atoms with Crippen LogP contribution < -0.4 is 0 Å². The minimum atomic E-state index is 1.12. The third kappa shape index (κ3) is 1.72. The van der Waals surface area contributed by atoms with Gasteiger partial charge in [-0.2, -0.15) is 0 Å². The van der Waals surface area contributed by atoms with E-state index >= 15 is 0 Å². The van der Waals surface area contributed by atoms with Crippen molar-refractivity contribution in [3.05, 3.63) is 0 Å². The molecular formula is C6H14NP. The van der Waals surface area contributed by atoms with Crippen LogP contribution in [0.4, 0.5) is 0 Å². The SMILES string of the molecule is CPCN1CCCC1. The van der Waals surface area contributed by atoms with Crippen LogP contribution >= 0.6 is 8.58 Å². The molecule has 1 unspecified atom stereocenters. The summed E-state index contributed by atoms with van der Waals surface area (Å²) in [5, 5.41) is 0. The van der Waals surface area contributed by atoms with Gasteiger partial charge in [0.15, 0.2) is 0 Å². The molecule has 8 heavy (non-hydrogen) atoms. The van der Waals surface area contributed by atoms with Gasteiger partial charge in [0.1, 0.15) is 0 Å². The Hall–Kier alpha value is 0.390. The quantitative estimate of drug-likeness (QED) is 0.511. The Morgan fingerprint density at radius 3 is 2.50 bits per heavy atom. The van der Waals surface area contributed by atoms with Gasteiger partial charge in [-0.05, 0) is 32.6 Å².